The van der Waals surface area contributed by atoms with Crippen LogP contribution in [0.25, 0.3) is 0 Å². The molecule has 0 aromatic carbocycles. The second-order valence-electron chi connectivity index (χ2n) is 1.54. The molecule has 9 heavy (non-hydrogen) atoms. The fraction of sp³-hybridized carbons (Fsp3) is 0.600. The molecule has 0 spiro atoms. The van der Waals surface area contributed by atoms with Crippen molar-refractivity contribution in [3.8, 4) is 0 Å². The maximum atomic E-state index is 8.42. The first-order valence-corrected chi connectivity index (χ1v) is 3.65. The summed E-state index contributed by atoms with van der Waals surface area (Å²) in [6.07, 6.45) is 0.420. The number of rotatable bonds is 3. The van der Waals surface area contributed by atoms with Gasteiger partial charge >= 0.3 is 0 Å². The van der Waals surface area contributed by atoms with Crippen LogP contribution in [0, 0.1) is 0 Å². The second kappa shape index (κ2) is 5.36. The van der Waals surface area contributed by atoms with Crippen LogP contribution in [-0.2, 0) is 0 Å². The zero-order chi connectivity index (χ0) is 7.28. The van der Waals surface area contributed by atoms with E-state index in [2.05, 4.69) is 0 Å². The molecule has 0 aliphatic heterocycles. The SMILES string of the molecule is OCC(Cl)C/C(Cl)=C/Cl. The molecule has 0 aliphatic carbocycles. The van der Waals surface area contributed by atoms with Crippen LogP contribution in [0.5, 0.6) is 0 Å². The molecule has 1 nitrogen and oxygen atoms in total. The number of alkyl halides is 1. The van der Waals surface area contributed by atoms with Crippen LogP contribution < -0.4 is 0 Å². The average molecular weight is 189 g/mol. The molecule has 0 heterocycles. The summed E-state index contributed by atoms with van der Waals surface area (Å²) in [6, 6.07) is 0. The zero-order valence-electron chi connectivity index (χ0n) is 4.65. The average Bonchev–Trinajstić information content (AvgIpc) is 1.87. The molecule has 4 heteroatoms. The monoisotopic (exact) mass is 188 g/mol. The fourth-order valence-corrected chi connectivity index (χ4v) is 0.841. The van der Waals surface area contributed by atoms with Crippen LogP contribution in [0.2, 0.25) is 0 Å². The number of hydrogen-bond acceptors (Lipinski definition) is 1. The van der Waals surface area contributed by atoms with Crippen LogP contribution in [0.4, 0.5) is 0 Å². The van der Waals surface area contributed by atoms with E-state index in [9.17, 15) is 0 Å². The molecule has 1 N–H and O–H groups in total. The van der Waals surface area contributed by atoms with Gasteiger partial charge < -0.3 is 5.11 Å². The quantitative estimate of drug-likeness (QED) is 0.676. The van der Waals surface area contributed by atoms with Gasteiger partial charge in [0, 0.05) is 17.0 Å². The molecular formula is C5H7Cl3O. The van der Waals surface area contributed by atoms with Gasteiger partial charge in [-0.25, -0.2) is 0 Å². The van der Waals surface area contributed by atoms with Crippen molar-refractivity contribution in [1.29, 1.82) is 0 Å². The van der Waals surface area contributed by atoms with E-state index in [-0.39, 0.29) is 12.0 Å². The Morgan fingerprint density at radius 2 is 2.22 bits per heavy atom. The van der Waals surface area contributed by atoms with Crippen LogP contribution >= 0.6 is 34.8 Å². The number of halogens is 3. The first kappa shape index (κ1) is 9.57. The Balaban J connectivity index is 3.47. The minimum absolute atomic E-state index is 0.0808. The first-order chi connectivity index (χ1) is 4.20. The molecule has 1 unspecified atom stereocenters. The highest BCUT2D eigenvalue weighted by Crippen LogP contribution is 2.14. The molecule has 0 aromatic rings. The van der Waals surface area contributed by atoms with E-state index in [4.69, 9.17) is 39.9 Å². The van der Waals surface area contributed by atoms with E-state index < -0.39 is 0 Å². The van der Waals surface area contributed by atoms with E-state index in [1.165, 1.54) is 5.54 Å². The molecule has 0 bridgehead atoms. The summed E-state index contributed by atoms with van der Waals surface area (Å²) in [5.41, 5.74) is 1.24. The Hall–Kier alpha value is 0.570. The standard InChI is InChI=1S/C5H7Cl3O/c6-2-4(7)1-5(8)3-9/h2,5,9H,1,3H2/b4-2-. The summed E-state index contributed by atoms with van der Waals surface area (Å²) < 4.78 is 0. The van der Waals surface area contributed by atoms with Crippen molar-refractivity contribution >= 4 is 34.8 Å². The van der Waals surface area contributed by atoms with Gasteiger partial charge in [-0.05, 0) is 0 Å². The van der Waals surface area contributed by atoms with Gasteiger partial charge in [-0.2, -0.15) is 0 Å². The van der Waals surface area contributed by atoms with Crippen molar-refractivity contribution in [2.75, 3.05) is 6.61 Å². The van der Waals surface area contributed by atoms with Crippen LogP contribution in [-0.4, -0.2) is 17.1 Å². The summed E-state index contributed by atoms with van der Waals surface area (Å²) in [7, 11) is 0. The number of aliphatic hydroxyl groups is 1. The first-order valence-electron chi connectivity index (χ1n) is 2.40. The molecule has 0 fully saturated rings. The summed E-state index contributed by atoms with van der Waals surface area (Å²) in [5.74, 6) is 0. The fourth-order valence-electron chi connectivity index (χ4n) is 0.321. The molecular weight excluding hydrogens is 182 g/mol. The Kier molecular flexibility index (Phi) is 5.70. The number of hydrogen-bond donors (Lipinski definition) is 1. The topological polar surface area (TPSA) is 20.2 Å². The maximum Gasteiger partial charge on any atom is 0.0616 e. The third kappa shape index (κ3) is 5.04. The van der Waals surface area contributed by atoms with Crippen molar-refractivity contribution in [2.45, 2.75) is 11.8 Å². The summed E-state index contributed by atoms with van der Waals surface area (Å²) in [4.78, 5) is 0. The Labute approximate surface area is 69.2 Å². The molecule has 54 valence electrons. The third-order valence-corrected chi connectivity index (χ3v) is 1.66. The minimum atomic E-state index is -0.326. The minimum Gasteiger partial charge on any atom is -0.395 e. The molecule has 1 atom stereocenters. The maximum absolute atomic E-state index is 8.42. The Bertz CT molecular complexity index is 102. The summed E-state index contributed by atoms with van der Waals surface area (Å²) >= 11 is 16.2. The van der Waals surface area contributed by atoms with E-state index in [1.807, 2.05) is 0 Å². The van der Waals surface area contributed by atoms with Crippen LogP contribution in [0.15, 0.2) is 10.6 Å². The molecule has 0 saturated heterocycles. The lowest BCUT2D eigenvalue weighted by Gasteiger charge is -2.01. The van der Waals surface area contributed by atoms with Crippen molar-refractivity contribution in [2.24, 2.45) is 0 Å². The predicted octanol–water partition coefficient (Wildman–Crippen LogP) is 2.30. The number of allylic oxidation sites excluding steroid dienone is 1. The van der Waals surface area contributed by atoms with Crippen molar-refractivity contribution in [3.63, 3.8) is 0 Å². The van der Waals surface area contributed by atoms with Crippen molar-refractivity contribution in [1.82, 2.24) is 0 Å². The highest BCUT2D eigenvalue weighted by atomic mass is 35.5. The Morgan fingerprint density at radius 1 is 1.67 bits per heavy atom. The molecule has 0 saturated carbocycles. The lowest BCUT2D eigenvalue weighted by molar-refractivity contribution is 0.292. The molecule has 0 aromatic heterocycles. The Morgan fingerprint density at radius 3 is 2.56 bits per heavy atom. The van der Waals surface area contributed by atoms with Crippen LogP contribution in [0.3, 0.4) is 0 Å². The van der Waals surface area contributed by atoms with E-state index >= 15 is 0 Å². The number of aliphatic hydroxyl groups excluding tert-OH is 1. The lowest BCUT2D eigenvalue weighted by atomic mass is 10.3. The lowest BCUT2D eigenvalue weighted by Crippen LogP contribution is -2.03. The van der Waals surface area contributed by atoms with Crippen LogP contribution in [0.1, 0.15) is 6.42 Å². The molecule has 0 aliphatic rings. The van der Waals surface area contributed by atoms with Gasteiger partial charge in [-0.15, -0.1) is 11.6 Å². The zero-order valence-corrected chi connectivity index (χ0v) is 6.92. The third-order valence-electron chi connectivity index (χ3n) is 0.733. The van der Waals surface area contributed by atoms with E-state index in [0.29, 0.717) is 11.5 Å². The normalized spacial score (nSPS) is 15.8. The van der Waals surface area contributed by atoms with Gasteiger partial charge in [-0.1, -0.05) is 23.2 Å². The van der Waals surface area contributed by atoms with Gasteiger partial charge in [0.1, 0.15) is 0 Å². The van der Waals surface area contributed by atoms with Gasteiger partial charge in [0.2, 0.25) is 0 Å². The molecule has 0 rings (SSSR count). The summed E-state index contributed by atoms with van der Waals surface area (Å²) in [5, 5.41) is 8.56. The van der Waals surface area contributed by atoms with E-state index in [1.54, 1.807) is 0 Å². The highest BCUT2D eigenvalue weighted by molar-refractivity contribution is 6.36. The van der Waals surface area contributed by atoms with Gasteiger partial charge in [0.15, 0.2) is 0 Å². The predicted molar refractivity (Wildman–Crippen MR) is 41.1 cm³/mol. The van der Waals surface area contributed by atoms with Gasteiger partial charge in [-0.3, -0.25) is 0 Å². The van der Waals surface area contributed by atoms with Crippen molar-refractivity contribution < 1.29 is 5.11 Å². The highest BCUT2D eigenvalue weighted by Gasteiger charge is 2.03. The van der Waals surface area contributed by atoms with Gasteiger partial charge in [0.25, 0.3) is 0 Å². The smallest absolute Gasteiger partial charge is 0.0616 e. The summed E-state index contributed by atoms with van der Waals surface area (Å²) in [6.45, 7) is -0.0808. The van der Waals surface area contributed by atoms with Gasteiger partial charge in [0.05, 0.1) is 12.0 Å². The second-order valence-corrected chi connectivity index (χ2v) is 2.86. The largest absolute Gasteiger partial charge is 0.395 e. The van der Waals surface area contributed by atoms with E-state index in [0.717, 1.165) is 0 Å². The molecule has 0 amide bonds. The van der Waals surface area contributed by atoms with Crippen molar-refractivity contribution in [3.05, 3.63) is 10.6 Å². The molecule has 0 radical (unpaired) electrons.